The van der Waals surface area contributed by atoms with Crippen LogP contribution in [0.5, 0.6) is 0 Å². The molecule has 0 spiro atoms. The van der Waals surface area contributed by atoms with Crippen molar-refractivity contribution in [3.63, 3.8) is 0 Å². The first-order chi connectivity index (χ1) is 7.67. The molecule has 0 aromatic carbocycles. The smallest absolute Gasteiger partial charge is 0.374 e. The van der Waals surface area contributed by atoms with E-state index in [1.165, 1.54) is 0 Å². The first-order valence-electron chi connectivity index (χ1n) is 5.99. The molecule has 4 N–H and O–H groups in total. The molecule has 0 aliphatic heterocycles. The molecule has 5 nitrogen and oxygen atoms in total. The molecule has 0 rings (SSSR count). The van der Waals surface area contributed by atoms with Crippen LogP contribution in [0.3, 0.4) is 0 Å². The van der Waals surface area contributed by atoms with E-state index in [-0.39, 0.29) is 5.92 Å². The summed E-state index contributed by atoms with van der Waals surface area (Å²) in [5.41, 5.74) is 11.3. The van der Waals surface area contributed by atoms with Crippen LogP contribution in [-0.4, -0.2) is 41.7 Å². The molecule has 0 aromatic rings. The molecule has 0 saturated heterocycles. The van der Waals surface area contributed by atoms with Crippen LogP contribution in [0.2, 0.25) is 6.04 Å². The normalized spacial score (nSPS) is 12.4. The Morgan fingerprint density at radius 3 is 1.50 bits per heavy atom. The first-order valence-corrected chi connectivity index (χ1v) is 7.93. The van der Waals surface area contributed by atoms with Crippen LogP contribution < -0.4 is 11.5 Å². The van der Waals surface area contributed by atoms with Gasteiger partial charge >= 0.3 is 8.80 Å². The van der Waals surface area contributed by atoms with Gasteiger partial charge in [0.25, 0.3) is 0 Å². The lowest BCUT2D eigenvalue weighted by atomic mass is 10.2. The molecule has 0 aliphatic rings. The maximum atomic E-state index is 5.73. The van der Waals surface area contributed by atoms with Crippen molar-refractivity contribution in [3.8, 4) is 0 Å². The molecule has 16 heavy (non-hydrogen) atoms. The van der Waals surface area contributed by atoms with Crippen LogP contribution in [0.1, 0.15) is 20.8 Å². The Morgan fingerprint density at radius 1 is 0.875 bits per heavy atom. The zero-order chi connectivity index (χ0) is 12.4. The van der Waals surface area contributed by atoms with Crippen molar-refractivity contribution < 1.29 is 13.3 Å². The molecular formula is C10H26N2O3Si. The van der Waals surface area contributed by atoms with Crippen LogP contribution in [0.15, 0.2) is 0 Å². The van der Waals surface area contributed by atoms with Crippen LogP contribution >= 0.6 is 0 Å². The van der Waals surface area contributed by atoms with Crippen LogP contribution in [0.4, 0.5) is 0 Å². The molecule has 0 amide bonds. The van der Waals surface area contributed by atoms with Gasteiger partial charge in [0.2, 0.25) is 0 Å². The van der Waals surface area contributed by atoms with Crippen molar-refractivity contribution in [2.24, 2.45) is 17.4 Å². The summed E-state index contributed by atoms with van der Waals surface area (Å²) in [5, 5.41) is 0. The molecule has 0 atom stereocenters. The van der Waals surface area contributed by atoms with E-state index < -0.39 is 8.80 Å². The van der Waals surface area contributed by atoms with E-state index in [1.54, 1.807) is 0 Å². The highest BCUT2D eigenvalue weighted by atomic mass is 28.4. The minimum Gasteiger partial charge on any atom is -0.374 e. The molecule has 0 unspecified atom stereocenters. The molecule has 0 bridgehead atoms. The van der Waals surface area contributed by atoms with Crippen molar-refractivity contribution in [2.45, 2.75) is 26.8 Å². The van der Waals surface area contributed by atoms with Gasteiger partial charge in [-0.15, -0.1) is 0 Å². The van der Waals surface area contributed by atoms with Gasteiger partial charge in [-0.3, -0.25) is 0 Å². The Hall–Kier alpha value is 0.0169. The maximum absolute atomic E-state index is 5.73. The first kappa shape index (κ1) is 16.0. The zero-order valence-corrected chi connectivity index (χ0v) is 11.7. The van der Waals surface area contributed by atoms with Gasteiger partial charge in [-0.2, -0.15) is 0 Å². The topological polar surface area (TPSA) is 79.7 Å². The third kappa shape index (κ3) is 5.38. The summed E-state index contributed by atoms with van der Waals surface area (Å²) in [4.78, 5) is 0. The lowest BCUT2D eigenvalue weighted by Gasteiger charge is -2.31. The Kier molecular flexibility index (Phi) is 9.10. The van der Waals surface area contributed by atoms with E-state index in [0.717, 1.165) is 0 Å². The molecule has 0 heterocycles. The van der Waals surface area contributed by atoms with Crippen molar-refractivity contribution in [1.29, 1.82) is 0 Å². The van der Waals surface area contributed by atoms with Crippen LogP contribution in [0, 0.1) is 5.92 Å². The number of hydrogen-bond donors (Lipinski definition) is 2. The highest BCUT2D eigenvalue weighted by Gasteiger charge is 2.42. The number of rotatable bonds is 10. The summed E-state index contributed by atoms with van der Waals surface area (Å²) >= 11 is 0. The van der Waals surface area contributed by atoms with E-state index in [9.17, 15) is 0 Å². The highest BCUT2D eigenvalue weighted by molar-refractivity contribution is 6.60. The summed E-state index contributed by atoms with van der Waals surface area (Å²) in [6.07, 6.45) is 0. The van der Waals surface area contributed by atoms with Gasteiger partial charge in [0.05, 0.1) is 0 Å². The largest absolute Gasteiger partial charge is 0.501 e. The summed E-state index contributed by atoms with van der Waals surface area (Å²) in [6, 6.07) is 0.704. The quantitative estimate of drug-likeness (QED) is 0.554. The zero-order valence-electron chi connectivity index (χ0n) is 10.7. The van der Waals surface area contributed by atoms with Crippen molar-refractivity contribution in [3.05, 3.63) is 0 Å². The Labute approximate surface area is 99.8 Å². The van der Waals surface area contributed by atoms with Gasteiger partial charge in [-0.25, -0.2) is 0 Å². The average molecular weight is 250 g/mol. The van der Waals surface area contributed by atoms with Crippen molar-refractivity contribution >= 4 is 8.80 Å². The fourth-order valence-corrected chi connectivity index (χ4v) is 4.54. The van der Waals surface area contributed by atoms with E-state index in [0.29, 0.717) is 39.0 Å². The minimum absolute atomic E-state index is 0.205. The third-order valence-electron chi connectivity index (χ3n) is 2.30. The van der Waals surface area contributed by atoms with E-state index in [2.05, 4.69) is 0 Å². The lowest BCUT2D eigenvalue weighted by molar-refractivity contribution is 0.0675. The summed E-state index contributed by atoms with van der Waals surface area (Å²) in [5.74, 6) is 0.205. The highest BCUT2D eigenvalue weighted by Crippen LogP contribution is 2.20. The lowest BCUT2D eigenvalue weighted by Crippen LogP contribution is -2.49. The summed E-state index contributed by atoms with van der Waals surface area (Å²) in [6.45, 7) is 8.69. The van der Waals surface area contributed by atoms with Crippen LogP contribution in [0.25, 0.3) is 0 Å². The van der Waals surface area contributed by atoms with Crippen molar-refractivity contribution in [1.82, 2.24) is 0 Å². The minimum atomic E-state index is -2.56. The fraction of sp³-hybridized carbons (Fsp3) is 1.00. The second-order valence-electron chi connectivity index (χ2n) is 3.52. The number of hydrogen-bond acceptors (Lipinski definition) is 5. The molecule has 0 fully saturated rings. The van der Waals surface area contributed by atoms with Gasteiger partial charge in [0, 0.05) is 25.9 Å². The molecule has 0 saturated carbocycles. The predicted molar refractivity (Wildman–Crippen MR) is 67.0 cm³/mol. The molecule has 6 heteroatoms. The SMILES string of the molecule is CCO[Si](CC(CN)CN)(OCC)OCC. The Bertz CT molecular complexity index is 151. The summed E-state index contributed by atoms with van der Waals surface area (Å²) in [7, 11) is -2.56. The Morgan fingerprint density at radius 2 is 1.25 bits per heavy atom. The number of nitrogens with two attached hydrogens (primary N) is 2. The van der Waals surface area contributed by atoms with Gasteiger partial charge in [0.15, 0.2) is 0 Å². The van der Waals surface area contributed by atoms with Gasteiger partial charge < -0.3 is 24.7 Å². The van der Waals surface area contributed by atoms with E-state index in [4.69, 9.17) is 24.7 Å². The molecule has 98 valence electrons. The van der Waals surface area contributed by atoms with Crippen LogP contribution in [-0.2, 0) is 13.3 Å². The second-order valence-corrected chi connectivity index (χ2v) is 6.16. The standard InChI is InChI=1S/C10H26N2O3Si/c1-4-13-16(14-5-2,15-6-3)9-10(7-11)8-12/h10H,4-9,11-12H2,1-3H3. The van der Waals surface area contributed by atoms with Crippen molar-refractivity contribution in [2.75, 3.05) is 32.9 Å². The third-order valence-corrected chi connectivity index (χ3v) is 5.56. The Balaban J connectivity index is 4.56. The van der Waals surface area contributed by atoms with Gasteiger partial charge in [0.1, 0.15) is 0 Å². The summed E-state index contributed by atoms with van der Waals surface area (Å²) < 4.78 is 17.2. The van der Waals surface area contributed by atoms with E-state index >= 15 is 0 Å². The van der Waals surface area contributed by atoms with Gasteiger partial charge in [-0.05, 0) is 39.8 Å². The second kappa shape index (κ2) is 9.09. The predicted octanol–water partition coefficient (Wildman–Crippen LogP) is 0.568. The molecule has 0 aliphatic carbocycles. The monoisotopic (exact) mass is 250 g/mol. The molecule has 0 aromatic heterocycles. The van der Waals surface area contributed by atoms with E-state index in [1.807, 2.05) is 20.8 Å². The van der Waals surface area contributed by atoms with Gasteiger partial charge in [-0.1, -0.05) is 0 Å². The maximum Gasteiger partial charge on any atom is 0.501 e. The fourth-order valence-electron chi connectivity index (χ4n) is 1.58. The average Bonchev–Trinajstić information content (AvgIpc) is 2.27. The molecular weight excluding hydrogens is 224 g/mol. The molecule has 0 radical (unpaired) electrons.